The molecular weight excluding hydrogens is 401 g/mol. The number of halogens is 2. The minimum absolute atomic E-state index is 0.390. The van der Waals surface area contributed by atoms with E-state index in [0.717, 1.165) is 16.8 Å². The lowest BCUT2D eigenvalue weighted by Crippen LogP contribution is -2.05. The molecule has 1 heterocycles. The fourth-order valence-electron chi connectivity index (χ4n) is 2.27. The minimum Gasteiger partial charge on any atom is -0.490 e. The van der Waals surface area contributed by atoms with Gasteiger partial charge >= 0.3 is 0 Å². The van der Waals surface area contributed by atoms with Gasteiger partial charge in [0.1, 0.15) is 0 Å². The molecular formula is C20H19Cl2N3OS. The number of hydrazone groups is 1. The highest BCUT2D eigenvalue weighted by Crippen LogP contribution is 2.34. The quantitative estimate of drug-likeness (QED) is 0.346. The molecule has 0 radical (unpaired) electrons. The largest absolute Gasteiger partial charge is 0.490 e. The first kappa shape index (κ1) is 19.7. The molecule has 1 aromatic heterocycles. The first-order valence-corrected chi connectivity index (χ1v) is 10.1. The molecule has 4 nitrogen and oxygen atoms in total. The van der Waals surface area contributed by atoms with Crippen molar-refractivity contribution in [2.45, 2.75) is 13.8 Å². The van der Waals surface area contributed by atoms with Crippen LogP contribution in [0.2, 0.25) is 10.0 Å². The highest BCUT2D eigenvalue weighted by Gasteiger charge is 2.10. The molecule has 7 heteroatoms. The van der Waals surface area contributed by atoms with Crippen LogP contribution in [-0.4, -0.2) is 17.8 Å². The predicted octanol–water partition coefficient (Wildman–Crippen LogP) is 6.60. The van der Waals surface area contributed by atoms with Gasteiger partial charge in [-0.3, -0.25) is 5.43 Å². The first-order valence-electron chi connectivity index (χ1n) is 8.45. The van der Waals surface area contributed by atoms with Crippen LogP contribution >= 0.6 is 34.5 Å². The molecule has 0 fully saturated rings. The van der Waals surface area contributed by atoms with Crippen molar-refractivity contribution in [2.24, 2.45) is 11.0 Å². The first-order chi connectivity index (χ1) is 13.0. The smallest absolute Gasteiger partial charge is 0.203 e. The summed E-state index contributed by atoms with van der Waals surface area (Å²) in [5.41, 5.74) is 5.69. The van der Waals surface area contributed by atoms with Gasteiger partial charge in [0.25, 0.3) is 0 Å². The van der Waals surface area contributed by atoms with Crippen LogP contribution in [0, 0.1) is 5.92 Å². The minimum atomic E-state index is 0.390. The summed E-state index contributed by atoms with van der Waals surface area (Å²) in [6.07, 6.45) is 1.65. The van der Waals surface area contributed by atoms with E-state index in [9.17, 15) is 0 Å². The molecule has 0 saturated heterocycles. The molecule has 27 heavy (non-hydrogen) atoms. The average molecular weight is 420 g/mol. The standard InChI is InChI=1S/C20H19Cl2N3OS/c1-13(2)11-26-19-16(21)8-14(9-17(19)22)10-23-25-20-24-18(12-27-20)15-6-4-3-5-7-15/h3-10,12-13H,11H2,1-2H3,(H,24,25)/b23-10-. The Balaban J connectivity index is 1.66. The van der Waals surface area contributed by atoms with E-state index in [4.69, 9.17) is 27.9 Å². The van der Waals surface area contributed by atoms with Crippen molar-refractivity contribution in [3.05, 3.63) is 63.5 Å². The second-order valence-electron chi connectivity index (χ2n) is 6.29. The third kappa shape index (κ3) is 5.45. The molecule has 0 amide bonds. The number of hydrogen-bond donors (Lipinski definition) is 1. The van der Waals surface area contributed by atoms with Crippen LogP contribution in [0.1, 0.15) is 19.4 Å². The Morgan fingerprint density at radius 3 is 2.56 bits per heavy atom. The van der Waals surface area contributed by atoms with Crippen LogP contribution in [0.3, 0.4) is 0 Å². The van der Waals surface area contributed by atoms with E-state index >= 15 is 0 Å². The zero-order valence-corrected chi connectivity index (χ0v) is 17.3. The lowest BCUT2D eigenvalue weighted by atomic mass is 10.2. The highest BCUT2D eigenvalue weighted by atomic mass is 35.5. The Kier molecular flexibility index (Phi) is 6.72. The number of rotatable bonds is 7. The molecule has 0 atom stereocenters. The Hall–Kier alpha value is -2.08. The molecule has 0 saturated carbocycles. The second-order valence-corrected chi connectivity index (χ2v) is 7.96. The normalized spacial score (nSPS) is 11.3. The van der Waals surface area contributed by atoms with Crippen molar-refractivity contribution in [3.63, 3.8) is 0 Å². The van der Waals surface area contributed by atoms with Crippen molar-refractivity contribution in [2.75, 3.05) is 12.0 Å². The second kappa shape index (κ2) is 9.22. The van der Waals surface area contributed by atoms with E-state index in [1.165, 1.54) is 11.3 Å². The number of benzene rings is 2. The number of thiazole rings is 1. The maximum absolute atomic E-state index is 6.28. The zero-order chi connectivity index (χ0) is 19.2. The fraction of sp³-hybridized carbons (Fsp3) is 0.200. The van der Waals surface area contributed by atoms with E-state index in [0.29, 0.717) is 33.5 Å². The maximum Gasteiger partial charge on any atom is 0.203 e. The summed E-state index contributed by atoms with van der Waals surface area (Å²) in [5.74, 6) is 0.895. The molecule has 0 spiro atoms. The van der Waals surface area contributed by atoms with E-state index in [1.54, 1.807) is 18.3 Å². The van der Waals surface area contributed by atoms with Gasteiger partial charge < -0.3 is 4.74 Å². The predicted molar refractivity (Wildman–Crippen MR) is 116 cm³/mol. The van der Waals surface area contributed by atoms with Crippen molar-refractivity contribution < 1.29 is 4.74 Å². The topological polar surface area (TPSA) is 46.5 Å². The van der Waals surface area contributed by atoms with Crippen LogP contribution in [0.5, 0.6) is 5.75 Å². The number of anilines is 1. The monoisotopic (exact) mass is 419 g/mol. The molecule has 2 aromatic carbocycles. The third-order valence-corrected chi connectivity index (χ3v) is 4.84. The molecule has 3 aromatic rings. The summed E-state index contributed by atoms with van der Waals surface area (Å²) in [5, 5.41) is 7.84. The zero-order valence-electron chi connectivity index (χ0n) is 14.9. The number of nitrogens with one attached hydrogen (secondary N) is 1. The van der Waals surface area contributed by atoms with Gasteiger partial charge in [-0.2, -0.15) is 5.10 Å². The van der Waals surface area contributed by atoms with Gasteiger partial charge in [0, 0.05) is 10.9 Å². The van der Waals surface area contributed by atoms with Crippen LogP contribution in [0.4, 0.5) is 5.13 Å². The number of ether oxygens (including phenoxy) is 1. The number of nitrogens with zero attached hydrogens (tertiary/aromatic N) is 2. The van der Waals surface area contributed by atoms with E-state index < -0.39 is 0 Å². The summed E-state index contributed by atoms with van der Waals surface area (Å²) in [6, 6.07) is 13.5. The fourth-order valence-corrected chi connectivity index (χ4v) is 3.55. The Morgan fingerprint density at radius 1 is 1.19 bits per heavy atom. The number of aromatic nitrogens is 1. The molecule has 0 aliphatic rings. The number of hydrogen-bond acceptors (Lipinski definition) is 5. The lowest BCUT2D eigenvalue weighted by Gasteiger charge is -2.12. The lowest BCUT2D eigenvalue weighted by molar-refractivity contribution is 0.271. The van der Waals surface area contributed by atoms with E-state index in [-0.39, 0.29) is 0 Å². The molecule has 140 valence electrons. The van der Waals surface area contributed by atoms with Gasteiger partial charge in [-0.15, -0.1) is 11.3 Å². The molecule has 0 unspecified atom stereocenters. The van der Waals surface area contributed by atoms with Gasteiger partial charge in [-0.1, -0.05) is 67.4 Å². The Labute approximate surface area is 172 Å². The SMILES string of the molecule is CC(C)COc1c(Cl)cc(/C=N\Nc2nc(-c3ccccc3)cs2)cc1Cl. The summed E-state index contributed by atoms with van der Waals surface area (Å²) >= 11 is 14.1. The Bertz CT molecular complexity index is 903. The van der Waals surface area contributed by atoms with Gasteiger partial charge in [-0.05, 0) is 23.6 Å². The van der Waals surface area contributed by atoms with Gasteiger partial charge in [0.05, 0.1) is 28.6 Å². The summed E-state index contributed by atoms with van der Waals surface area (Å²) in [4.78, 5) is 4.52. The van der Waals surface area contributed by atoms with Crippen molar-refractivity contribution in [1.82, 2.24) is 4.98 Å². The highest BCUT2D eigenvalue weighted by molar-refractivity contribution is 7.14. The van der Waals surface area contributed by atoms with Crippen molar-refractivity contribution in [1.29, 1.82) is 0 Å². The van der Waals surface area contributed by atoms with Crippen LogP contribution in [0.15, 0.2) is 52.9 Å². The van der Waals surface area contributed by atoms with Gasteiger partial charge in [-0.25, -0.2) is 4.98 Å². The molecule has 1 N–H and O–H groups in total. The van der Waals surface area contributed by atoms with Crippen LogP contribution in [0.25, 0.3) is 11.3 Å². The molecule has 0 aliphatic carbocycles. The van der Waals surface area contributed by atoms with Gasteiger partial charge in [0.15, 0.2) is 5.75 Å². The van der Waals surface area contributed by atoms with Crippen LogP contribution in [-0.2, 0) is 0 Å². The van der Waals surface area contributed by atoms with Crippen LogP contribution < -0.4 is 10.2 Å². The Morgan fingerprint density at radius 2 is 1.89 bits per heavy atom. The molecule has 0 bridgehead atoms. The van der Waals surface area contributed by atoms with E-state index in [1.807, 2.05) is 35.7 Å². The van der Waals surface area contributed by atoms with E-state index in [2.05, 4.69) is 29.4 Å². The van der Waals surface area contributed by atoms with Crippen molar-refractivity contribution in [3.8, 4) is 17.0 Å². The average Bonchev–Trinajstić information content (AvgIpc) is 3.10. The summed E-state index contributed by atoms with van der Waals surface area (Å²) in [6.45, 7) is 4.69. The summed E-state index contributed by atoms with van der Waals surface area (Å²) < 4.78 is 5.67. The third-order valence-electron chi connectivity index (χ3n) is 3.53. The van der Waals surface area contributed by atoms with Gasteiger partial charge in [0.2, 0.25) is 5.13 Å². The van der Waals surface area contributed by atoms with Crippen molar-refractivity contribution >= 4 is 45.9 Å². The maximum atomic E-state index is 6.28. The summed E-state index contributed by atoms with van der Waals surface area (Å²) in [7, 11) is 0. The molecule has 0 aliphatic heterocycles. The molecule has 3 rings (SSSR count).